The third kappa shape index (κ3) is 4.45. The van der Waals surface area contributed by atoms with E-state index in [0.717, 1.165) is 40.2 Å². The van der Waals surface area contributed by atoms with E-state index in [-0.39, 0.29) is 0 Å². The molecule has 136 valence electrons. The van der Waals surface area contributed by atoms with E-state index < -0.39 is 0 Å². The average molecular weight is 377 g/mol. The van der Waals surface area contributed by atoms with E-state index in [0.29, 0.717) is 6.54 Å². The lowest BCUT2D eigenvalue weighted by atomic mass is 10.2. The molecule has 27 heavy (non-hydrogen) atoms. The minimum atomic E-state index is 0.691. The predicted octanol–water partition coefficient (Wildman–Crippen LogP) is 3.80. The summed E-state index contributed by atoms with van der Waals surface area (Å²) in [6.45, 7) is 1.52. The molecule has 0 spiro atoms. The van der Waals surface area contributed by atoms with E-state index >= 15 is 0 Å². The van der Waals surface area contributed by atoms with E-state index in [1.165, 1.54) is 0 Å². The van der Waals surface area contributed by atoms with Gasteiger partial charge in [-0.05, 0) is 34.7 Å². The lowest BCUT2D eigenvalue weighted by molar-refractivity contribution is 0.499. The molecule has 1 N–H and O–H groups in total. The van der Waals surface area contributed by atoms with Crippen LogP contribution in [0.2, 0.25) is 0 Å². The Balaban J connectivity index is 1.25. The molecular formula is C20H19N5OS. The van der Waals surface area contributed by atoms with E-state index in [9.17, 15) is 0 Å². The van der Waals surface area contributed by atoms with Gasteiger partial charge in [-0.3, -0.25) is 0 Å². The van der Waals surface area contributed by atoms with Crippen molar-refractivity contribution >= 4 is 11.8 Å². The van der Waals surface area contributed by atoms with Gasteiger partial charge in [-0.25, -0.2) is 0 Å². The highest BCUT2D eigenvalue weighted by Gasteiger charge is 2.08. The number of nitrogens with one attached hydrogen (secondary N) is 1. The van der Waals surface area contributed by atoms with Crippen molar-refractivity contribution in [2.75, 3.05) is 12.3 Å². The van der Waals surface area contributed by atoms with E-state index in [1.807, 2.05) is 72.8 Å². The molecule has 0 aliphatic carbocycles. The molecule has 2 heterocycles. The predicted molar refractivity (Wildman–Crippen MR) is 106 cm³/mol. The van der Waals surface area contributed by atoms with Crippen molar-refractivity contribution in [2.24, 2.45) is 0 Å². The normalized spacial score (nSPS) is 11.0. The number of furan rings is 1. The summed E-state index contributed by atoms with van der Waals surface area (Å²) in [6, 6.07) is 24.0. The highest BCUT2D eigenvalue weighted by Crippen LogP contribution is 2.21. The van der Waals surface area contributed by atoms with Gasteiger partial charge in [0.1, 0.15) is 11.5 Å². The summed E-state index contributed by atoms with van der Waals surface area (Å²) >= 11 is 1.62. The molecule has 2 aromatic carbocycles. The minimum Gasteiger partial charge on any atom is -0.460 e. The molecule has 6 nitrogen and oxygen atoms in total. The molecule has 0 saturated carbocycles. The van der Waals surface area contributed by atoms with Gasteiger partial charge < -0.3 is 9.73 Å². The van der Waals surface area contributed by atoms with Crippen LogP contribution in [0.25, 0.3) is 17.0 Å². The first-order valence-corrected chi connectivity index (χ1v) is 9.70. The Bertz CT molecular complexity index is 968. The van der Waals surface area contributed by atoms with Gasteiger partial charge in [-0.15, -0.1) is 5.10 Å². The number of thioether (sulfide) groups is 1. The van der Waals surface area contributed by atoms with Crippen molar-refractivity contribution in [2.45, 2.75) is 11.7 Å². The van der Waals surface area contributed by atoms with Crippen LogP contribution in [0.3, 0.4) is 0 Å². The second-order valence-corrected chi connectivity index (χ2v) is 6.93. The second-order valence-electron chi connectivity index (χ2n) is 5.87. The Kier molecular flexibility index (Phi) is 5.61. The number of nitrogens with zero attached hydrogens (tertiary/aromatic N) is 4. The molecule has 0 radical (unpaired) electrons. The van der Waals surface area contributed by atoms with Gasteiger partial charge in [0.05, 0.1) is 12.2 Å². The molecule has 0 saturated heterocycles. The number of tetrazole rings is 1. The third-order valence-corrected chi connectivity index (χ3v) is 4.89. The third-order valence-electron chi connectivity index (χ3n) is 3.97. The van der Waals surface area contributed by atoms with Crippen LogP contribution in [0.5, 0.6) is 0 Å². The van der Waals surface area contributed by atoms with Gasteiger partial charge in [0.25, 0.3) is 0 Å². The van der Waals surface area contributed by atoms with Crippen LogP contribution in [0.1, 0.15) is 5.76 Å². The Hall–Kier alpha value is -2.90. The molecule has 7 heteroatoms. The summed E-state index contributed by atoms with van der Waals surface area (Å²) in [5.74, 6) is 2.68. The van der Waals surface area contributed by atoms with Crippen LogP contribution in [-0.4, -0.2) is 32.5 Å². The fraction of sp³-hybridized carbons (Fsp3) is 0.150. The van der Waals surface area contributed by atoms with Crippen LogP contribution in [0.4, 0.5) is 0 Å². The Morgan fingerprint density at radius 2 is 1.70 bits per heavy atom. The van der Waals surface area contributed by atoms with Gasteiger partial charge in [-0.2, -0.15) is 4.68 Å². The van der Waals surface area contributed by atoms with Crippen molar-refractivity contribution in [3.8, 4) is 17.0 Å². The van der Waals surface area contributed by atoms with Crippen molar-refractivity contribution in [3.05, 3.63) is 78.6 Å². The molecule has 0 bridgehead atoms. The van der Waals surface area contributed by atoms with E-state index in [4.69, 9.17) is 4.42 Å². The van der Waals surface area contributed by atoms with Crippen LogP contribution < -0.4 is 5.32 Å². The van der Waals surface area contributed by atoms with Crippen LogP contribution in [0.15, 0.2) is 82.4 Å². The fourth-order valence-corrected chi connectivity index (χ4v) is 3.44. The molecular weight excluding hydrogens is 358 g/mol. The summed E-state index contributed by atoms with van der Waals surface area (Å²) in [7, 11) is 0. The quantitative estimate of drug-likeness (QED) is 0.372. The van der Waals surface area contributed by atoms with Crippen molar-refractivity contribution < 1.29 is 4.42 Å². The van der Waals surface area contributed by atoms with Gasteiger partial charge in [0.15, 0.2) is 0 Å². The van der Waals surface area contributed by atoms with Crippen molar-refractivity contribution in [1.29, 1.82) is 0 Å². The highest BCUT2D eigenvalue weighted by molar-refractivity contribution is 7.99. The van der Waals surface area contributed by atoms with E-state index in [1.54, 1.807) is 16.4 Å². The molecule has 4 aromatic rings. The highest BCUT2D eigenvalue weighted by atomic mass is 32.2. The zero-order valence-electron chi connectivity index (χ0n) is 14.7. The first-order chi connectivity index (χ1) is 13.4. The number of rotatable bonds is 8. The standard InChI is InChI=1S/C20H19N5OS/c1-3-7-16(8-4-1)19-12-11-18(26-19)15-21-13-14-27-20-22-23-24-25(20)17-9-5-2-6-10-17/h1-12,21H,13-15H2. The maximum absolute atomic E-state index is 5.89. The summed E-state index contributed by atoms with van der Waals surface area (Å²) in [5, 5.41) is 16.1. The zero-order chi connectivity index (χ0) is 18.3. The SMILES string of the molecule is c1ccc(-c2ccc(CNCCSc3nnnn3-c3ccccc3)o2)cc1. The topological polar surface area (TPSA) is 68.8 Å². The molecule has 0 amide bonds. The largest absolute Gasteiger partial charge is 0.460 e. The maximum Gasteiger partial charge on any atom is 0.214 e. The molecule has 0 unspecified atom stereocenters. The smallest absolute Gasteiger partial charge is 0.214 e. The number of hydrogen-bond acceptors (Lipinski definition) is 6. The van der Waals surface area contributed by atoms with Crippen molar-refractivity contribution in [3.63, 3.8) is 0 Å². The summed E-state index contributed by atoms with van der Waals surface area (Å²) in [4.78, 5) is 0. The maximum atomic E-state index is 5.89. The second kappa shape index (κ2) is 8.66. The number of para-hydroxylation sites is 1. The lowest BCUT2D eigenvalue weighted by Gasteiger charge is -2.04. The zero-order valence-corrected chi connectivity index (χ0v) is 15.5. The molecule has 0 atom stereocenters. The number of aromatic nitrogens is 4. The van der Waals surface area contributed by atoms with Crippen LogP contribution in [0, 0.1) is 0 Å². The monoisotopic (exact) mass is 377 g/mol. The van der Waals surface area contributed by atoms with Crippen LogP contribution in [-0.2, 0) is 6.54 Å². The fourth-order valence-electron chi connectivity index (χ4n) is 2.66. The minimum absolute atomic E-state index is 0.691. The lowest BCUT2D eigenvalue weighted by Crippen LogP contribution is -2.16. The Labute approximate surface area is 161 Å². The van der Waals surface area contributed by atoms with Crippen LogP contribution >= 0.6 is 11.8 Å². The molecule has 0 fully saturated rings. The molecule has 0 aliphatic rings. The summed E-state index contributed by atoms with van der Waals surface area (Å²) in [5.41, 5.74) is 2.05. The summed E-state index contributed by atoms with van der Waals surface area (Å²) < 4.78 is 7.65. The van der Waals surface area contributed by atoms with Gasteiger partial charge in [0.2, 0.25) is 5.16 Å². The van der Waals surface area contributed by atoms with Gasteiger partial charge in [0, 0.05) is 17.9 Å². The van der Waals surface area contributed by atoms with Gasteiger partial charge >= 0.3 is 0 Å². The van der Waals surface area contributed by atoms with Crippen molar-refractivity contribution in [1.82, 2.24) is 25.5 Å². The Morgan fingerprint density at radius 1 is 0.926 bits per heavy atom. The Morgan fingerprint density at radius 3 is 2.52 bits per heavy atom. The first kappa shape index (κ1) is 17.5. The number of hydrogen-bond donors (Lipinski definition) is 1. The number of benzene rings is 2. The van der Waals surface area contributed by atoms with E-state index in [2.05, 4.69) is 20.8 Å². The molecule has 2 aromatic heterocycles. The first-order valence-electron chi connectivity index (χ1n) is 8.71. The summed E-state index contributed by atoms with van der Waals surface area (Å²) in [6.07, 6.45) is 0. The molecule has 4 rings (SSSR count). The average Bonchev–Trinajstić information content (AvgIpc) is 3.39. The molecule has 0 aliphatic heterocycles. The van der Waals surface area contributed by atoms with Gasteiger partial charge in [-0.1, -0.05) is 60.3 Å².